The van der Waals surface area contributed by atoms with E-state index in [1.165, 1.54) is 0 Å². The van der Waals surface area contributed by atoms with Gasteiger partial charge in [-0.3, -0.25) is 4.79 Å². The van der Waals surface area contributed by atoms with Gasteiger partial charge in [-0.1, -0.05) is 23.7 Å². The second-order valence-electron chi connectivity index (χ2n) is 5.07. The molecule has 1 aromatic rings. The van der Waals surface area contributed by atoms with Gasteiger partial charge in [-0.2, -0.15) is 0 Å². The first kappa shape index (κ1) is 14.7. The zero-order chi connectivity index (χ0) is 14.7. The number of hydrogen-bond donors (Lipinski definition) is 3. The SMILES string of the molecule is Cc1cccc(Cl)c1NC(=O)NC(CC(=O)O)C1CC1. The summed E-state index contributed by atoms with van der Waals surface area (Å²) in [6.45, 7) is 1.84. The summed E-state index contributed by atoms with van der Waals surface area (Å²) < 4.78 is 0. The number of aryl methyl sites for hydroxylation is 1. The number of hydrogen-bond acceptors (Lipinski definition) is 2. The summed E-state index contributed by atoms with van der Waals surface area (Å²) in [5.74, 6) is -0.639. The zero-order valence-corrected chi connectivity index (χ0v) is 11.9. The number of aliphatic carboxylic acids is 1. The van der Waals surface area contributed by atoms with Crippen LogP contribution in [0, 0.1) is 12.8 Å². The van der Waals surface area contributed by atoms with Gasteiger partial charge in [0.05, 0.1) is 17.1 Å². The summed E-state index contributed by atoms with van der Waals surface area (Å²) in [4.78, 5) is 22.8. The normalized spacial score (nSPS) is 15.5. The van der Waals surface area contributed by atoms with E-state index < -0.39 is 12.0 Å². The first-order valence-corrected chi connectivity index (χ1v) is 6.89. The molecule has 0 aliphatic heterocycles. The van der Waals surface area contributed by atoms with Crippen LogP contribution in [0.1, 0.15) is 24.8 Å². The molecule has 108 valence electrons. The van der Waals surface area contributed by atoms with Crippen LogP contribution in [0.4, 0.5) is 10.5 Å². The van der Waals surface area contributed by atoms with Gasteiger partial charge in [0.15, 0.2) is 0 Å². The van der Waals surface area contributed by atoms with Crippen molar-refractivity contribution >= 4 is 29.3 Å². The summed E-state index contributed by atoms with van der Waals surface area (Å²) >= 11 is 6.03. The van der Waals surface area contributed by atoms with Crippen molar-refractivity contribution in [3.63, 3.8) is 0 Å². The van der Waals surface area contributed by atoms with Crippen molar-refractivity contribution in [3.05, 3.63) is 28.8 Å². The molecule has 3 N–H and O–H groups in total. The Labute approximate surface area is 122 Å². The highest BCUT2D eigenvalue weighted by atomic mass is 35.5. The molecule has 20 heavy (non-hydrogen) atoms. The number of urea groups is 1. The van der Waals surface area contributed by atoms with Crippen molar-refractivity contribution in [1.29, 1.82) is 0 Å². The van der Waals surface area contributed by atoms with E-state index in [-0.39, 0.29) is 18.4 Å². The Morgan fingerprint density at radius 2 is 2.15 bits per heavy atom. The third-order valence-corrected chi connectivity index (χ3v) is 3.68. The van der Waals surface area contributed by atoms with E-state index in [1.54, 1.807) is 12.1 Å². The van der Waals surface area contributed by atoms with Gasteiger partial charge >= 0.3 is 12.0 Å². The number of nitrogens with one attached hydrogen (secondary N) is 2. The van der Waals surface area contributed by atoms with Crippen molar-refractivity contribution in [1.82, 2.24) is 5.32 Å². The molecular formula is C14H17ClN2O3. The number of carboxylic acids is 1. The fourth-order valence-corrected chi connectivity index (χ4v) is 2.40. The van der Waals surface area contributed by atoms with Crippen molar-refractivity contribution in [2.75, 3.05) is 5.32 Å². The molecular weight excluding hydrogens is 280 g/mol. The Kier molecular flexibility index (Phi) is 4.49. The molecule has 0 aromatic heterocycles. The zero-order valence-electron chi connectivity index (χ0n) is 11.1. The lowest BCUT2D eigenvalue weighted by Crippen LogP contribution is -2.40. The first-order valence-electron chi connectivity index (χ1n) is 6.52. The molecule has 0 saturated heterocycles. The van der Waals surface area contributed by atoms with E-state index in [2.05, 4.69) is 10.6 Å². The van der Waals surface area contributed by atoms with E-state index in [9.17, 15) is 9.59 Å². The molecule has 1 aromatic carbocycles. The molecule has 1 aliphatic rings. The lowest BCUT2D eigenvalue weighted by molar-refractivity contribution is -0.137. The highest BCUT2D eigenvalue weighted by Gasteiger charge is 2.33. The average molecular weight is 297 g/mol. The van der Waals surface area contributed by atoms with Gasteiger partial charge in [0.2, 0.25) is 0 Å². The Morgan fingerprint density at radius 3 is 2.70 bits per heavy atom. The van der Waals surface area contributed by atoms with Gasteiger partial charge < -0.3 is 15.7 Å². The molecule has 0 radical (unpaired) electrons. The second kappa shape index (κ2) is 6.13. The third-order valence-electron chi connectivity index (χ3n) is 3.36. The summed E-state index contributed by atoms with van der Waals surface area (Å²) in [5, 5.41) is 14.7. The van der Waals surface area contributed by atoms with E-state index >= 15 is 0 Å². The van der Waals surface area contributed by atoms with Crippen LogP contribution in [-0.2, 0) is 4.79 Å². The summed E-state index contributed by atoms with van der Waals surface area (Å²) in [7, 11) is 0. The highest BCUT2D eigenvalue weighted by Crippen LogP contribution is 2.34. The van der Waals surface area contributed by atoms with Crippen molar-refractivity contribution < 1.29 is 14.7 Å². The van der Waals surface area contributed by atoms with Gasteiger partial charge in [-0.15, -0.1) is 0 Å². The molecule has 0 bridgehead atoms. The van der Waals surface area contributed by atoms with Crippen LogP contribution in [0.2, 0.25) is 5.02 Å². The molecule has 1 atom stereocenters. The minimum Gasteiger partial charge on any atom is -0.481 e. The lowest BCUT2D eigenvalue weighted by Gasteiger charge is -2.18. The van der Waals surface area contributed by atoms with Crippen LogP contribution >= 0.6 is 11.6 Å². The molecule has 1 fully saturated rings. The maximum atomic E-state index is 12.0. The van der Waals surface area contributed by atoms with Gasteiger partial charge in [0.25, 0.3) is 0 Å². The minimum absolute atomic E-state index is 0.0560. The lowest BCUT2D eigenvalue weighted by atomic mass is 10.1. The number of para-hydroxylation sites is 1. The Hall–Kier alpha value is -1.75. The Morgan fingerprint density at radius 1 is 1.45 bits per heavy atom. The van der Waals surface area contributed by atoms with E-state index in [0.29, 0.717) is 10.7 Å². The summed E-state index contributed by atoms with van der Waals surface area (Å²) in [6, 6.07) is 4.60. The Bertz CT molecular complexity index is 509. The van der Waals surface area contributed by atoms with Crippen LogP contribution in [0.5, 0.6) is 0 Å². The van der Waals surface area contributed by atoms with Crippen molar-refractivity contribution in [2.24, 2.45) is 5.92 Å². The van der Waals surface area contributed by atoms with E-state index in [0.717, 1.165) is 18.4 Å². The monoisotopic (exact) mass is 296 g/mol. The first-order chi connectivity index (χ1) is 9.47. The standard InChI is InChI=1S/C14H17ClN2O3/c1-8-3-2-4-10(15)13(8)17-14(20)16-11(7-12(18)19)9-5-6-9/h2-4,9,11H,5-7H2,1H3,(H,18,19)(H2,16,17,20). The topological polar surface area (TPSA) is 78.4 Å². The van der Waals surface area contributed by atoms with Crippen LogP contribution < -0.4 is 10.6 Å². The molecule has 1 saturated carbocycles. The van der Waals surface area contributed by atoms with Gasteiger partial charge in [0.1, 0.15) is 0 Å². The third kappa shape index (κ3) is 3.87. The second-order valence-corrected chi connectivity index (χ2v) is 5.48. The molecule has 1 unspecified atom stereocenters. The van der Waals surface area contributed by atoms with Crippen LogP contribution in [0.3, 0.4) is 0 Å². The maximum absolute atomic E-state index is 12.0. The molecule has 2 amide bonds. The fourth-order valence-electron chi connectivity index (χ4n) is 2.13. The Balaban J connectivity index is 1.99. The summed E-state index contributed by atoms with van der Waals surface area (Å²) in [6.07, 6.45) is 1.87. The molecule has 1 aliphatic carbocycles. The largest absolute Gasteiger partial charge is 0.481 e. The molecule has 0 heterocycles. The number of rotatable bonds is 5. The van der Waals surface area contributed by atoms with Crippen molar-refractivity contribution in [2.45, 2.75) is 32.2 Å². The number of amides is 2. The molecule has 2 rings (SSSR count). The number of benzene rings is 1. The average Bonchev–Trinajstić information content (AvgIpc) is 3.17. The molecule has 0 spiro atoms. The van der Waals surface area contributed by atoms with E-state index in [4.69, 9.17) is 16.7 Å². The highest BCUT2D eigenvalue weighted by molar-refractivity contribution is 6.33. The molecule has 5 nitrogen and oxygen atoms in total. The predicted molar refractivity (Wildman–Crippen MR) is 77.1 cm³/mol. The predicted octanol–water partition coefficient (Wildman–Crippen LogP) is 3.02. The quantitative estimate of drug-likeness (QED) is 0.781. The number of halogens is 1. The smallest absolute Gasteiger partial charge is 0.319 e. The number of carboxylic acid groups (broad SMARTS) is 1. The van der Waals surface area contributed by atoms with Crippen LogP contribution in [-0.4, -0.2) is 23.1 Å². The number of anilines is 1. The maximum Gasteiger partial charge on any atom is 0.319 e. The van der Waals surface area contributed by atoms with Crippen LogP contribution in [0.25, 0.3) is 0 Å². The van der Waals surface area contributed by atoms with Gasteiger partial charge in [-0.25, -0.2) is 4.79 Å². The van der Waals surface area contributed by atoms with Crippen molar-refractivity contribution in [3.8, 4) is 0 Å². The van der Waals surface area contributed by atoms with E-state index in [1.807, 2.05) is 13.0 Å². The number of carbonyl (C=O) groups is 2. The minimum atomic E-state index is -0.906. The summed E-state index contributed by atoms with van der Waals surface area (Å²) in [5.41, 5.74) is 1.41. The number of carbonyl (C=O) groups excluding carboxylic acids is 1. The van der Waals surface area contributed by atoms with Gasteiger partial charge in [-0.05, 0) is 37.3 Å². The fraction of sp³-hybridized carbons (Fsp3) is 0.429. The van der Waals surface area contributed by atoms with Crippen LogP contribution in [0.15, 0.2) is 18.2 Å². The molecule has 6 heteroatoms. The van der Waals surface area contributed by atoms with Gasteiger partial charge in [0, 0.05) is 6.04 Å².